The second kappa shape index (κ2) is 7.94. The average molecular weight is 454 g/mol. The van der Waals surface area contributed by atoms with E-state index in [4.69, 9.17) is 11.6 Å². The number of aliphatic hydroxyl groups is 1. The minimum Gasteiger partial charge on any atom is -0.373 e. The van der Waals surface area contributed by atoms with Crippen LogP contribution >= 0.6 is 23.4 Å². The van der Waals surface area contributed by atoms with Gasteiger partial charge >= 0.3 is 6.18 Å². The topological polar surface area (TPSA) is 83.5 Å². The van der Waals surface area contributed by atoms with Gasteiger partial charge in [-0.05, 0) is 49.6 Å². The molecule has 0 spiro atoms. The monoisotopic (exact) mass is 453 g/mol. The predicted molar refractivity (Wildman–Crippen MR) is 100 cm³/mol. The Morgan fingerprint density at radius 2 is 1.75 bits per heavy atom. The summed E-state index contributed by atoms with van der Waals surface area (Å²) in [6, 6.07) is 9.36. The van der Waals surface area contributed by atoms with Crippen LogP contribution in [0.4, 0.5) is 18.9 Å². The summed E-state index contributed by atoms with van der Waals surface area (Å²) in [5.41, 5.74) is -3.91. The van der Waals surface area contributed by atoms with Crippen LogP contribution in [0.5, 0.6) is 0 Å². The van der Waals surface area contributed by atoms with Gasteiger partial charge in [0.25, 0.3) is 5.91 Å². The molecule has 0 radical (unpaired) electrons. The number of benzene rings is 2. The molecule has 2 rings (SSSR count). The zero-order valence-corrected chi connectivity index (χ0v) is 16.9. The standard InChI is InChI=1S/C17H15ClF3NO4S2/c1-16(24,17(19,20)21)15(23)22-14-7-6-12(9-13(14)18)28(25,26)11-5-3-4-10(8-11)27-2/h3-9,24H,1-2H3,(H,22,23). The van der Waals surface area contributed by atoms with Gasteiger partial charge < -0.3 is 10.4 Å². The largest absolute Gasteiger partial charge is 0.426 e. The van der Waals surface area contributed by atoms with Crippen LogP contribution in [0, 0.1) is 0 Å². The Labute approximate surface area is 168 Å². The molecule has 0 heterocycles. The lowest BCUT2D eigenvalue weighted by Gasteiger charge is -2.25. The highest BCUT2D eigenvalue weighted by atomic mass is 35.5. The Balaban J connectivity index is 2.35. The third-order valence-electron chi connectivity index (χ3n) is 3.84. The lowest BCUT2D eigenvalue weighted by Crippen LogP contribution is -2.52. The molecule has 0 aliphatic heterocycles. The van der Waals surface area contributed by atoms with Gasteiger partial charge in [-0.15, -0.1) is 11.8 Å². The fourth-order valence-corrected chi connectivity index (χ4v) is 4.20. The van der Waals surface area contributed by atoms with Gasteiger partial charge in [-0.25, -0.2) is 8.42 Å². The molecule has 0 saturated heterocycles. The number of anilines is 1. The normalized spacial score (nSPS) is 14.4. The van der Waals surface area contributed by atoms with Gasteiger partial charge in [-0.2, -0.15) is 13.2 Å². The highest BCUT2D eigenvalue weighted by Crippen LogP contribution is 2.33. The average Bonchev–Trinajstić information content (AvgIpc) is 2.62. The number of thioether (sulfide) groups is 1. The van der Waals surface area contributed by atoms with Crippen LogP contribution in [0.25, 0.3) is 0 Å². The zero-order valence-electron chi connectivity index (χ0n) is 14.5. The van der Waals surface area contributed by atoms with E-state index in [0.717, 1.165) is 23.1 Å². The maximum absolute atomic E-state index is 12.7. The fraction of sp³-hybridized carbons (Fsp3) is 0.235. The summed E-state index contributed by atoms with van der Waals surface area (Å²) in [5.74, 6) is -1.75. The fourth-order valence-electron chi connectivity index (χ4n) is 2.04. The van der Waals surface area contributed by atoms with Gasteiger partial charge in [0.15, 0.2) is 0 Å². The predicted octanol–water partition coefficient (Wildman–Crippen LogP) is 4.15. The van der Waals surface area contributed by atoms with Gasteiger partial charge in [-0.3, -0.25) is 4.79 Å². The molecule has 0 aromatic heterocycles. The van der Waals surface area contributed by atoms with Gasteiger partial charge in [0.05, 0.1) is 20.5 Å². The van der Waals surface area contributed by atoms with Crippen molar-refractivity contribution >= 4 is 44.8 Å². The van der Waals surface area contributed by atoms with Crippen molar-refractivity contribution in [3.05, 3.63) is 47.5 Å². The molecule has 0 fully saturated rings. The zero-order chi connectivity index (χ0) is 21.3. The minimum atomic E-state index is -5.20. The van der Waals surface area contributed by atoms with Gasteiger partial charge in [0.1, 0.15) is 0 Å². The first-order valence-electron chi connectivity index (χ1n) is 7.60. The van der Waals surface area contributed by atoms with Crippen molar-refractivity contribution in [2.24, 2.45) is 0 Å². The molecule has 11 heteroatoms. The van der Waals surface area contributed by atoms with Crippen molar-refractivity contribution < 1.29 is 31.5 Å². The van der Waals surface area contributed by atoms with Crippen LogP contribution in [-0.4, -0.2) is 37.5 Å². The Kier molecular flexibility index (Phi) is 6.39. The van der Waals surface area contributed by atoms with E-state index in [0.29, 0.717) is 6.92 Å². The van der Waals surface area contributed by atoms with E-state index in [2.05, 4.69) is 0 Å². The smallest absolute Gasteiger partial charge is 0.373 e. The van der Waals surface area contributed by atoms with Crippen LogP contribution in [0.3, 0.4) is 0 Å². The Morgan fingerprint density at radius 1 is 1.14 bits per heavy atom. The summed E-state index contributed by atoms with van der Waals surface area (Å²) < 4.78 is 63.7. The van der Waals surface area contributed by atoms with E-state index < -0.39 is 27.5 Å². The third kappa shape index (κ3) is 4.45. The number of carbonyl (C=O) groups is 1. The maximum atomic E-state index is 12.7. The lowest BCUT2D eigenvalue weighted by molar-refractivity contribution is -0.242. The van der Waals surface area contributed by atoms with Crippen molar-refractivity contribution in [2.45, 2.75) is 33.4 Å². The van der Waals surface area contributed by atoms with E-state index in [-0.39, 0.29) is 20.5 Å². The van der Waals surface area contributed by atoms with Crippen LogP contribution in [0.15, 0.2) is 57.2 Å². The molecular weight excluding hydrogens is 439 g/mol. The Bertz CT molecular complexity index is 1010. The second-order valence-electron chi connectivity index (χ2n) is 5.85. The van der Waals surface area contributed by atoms with Crippen LogP contribution < -0.4 is 5.32 Å². The summed E-state index contributed by atoms with van der Waals surface area (Å²) in [4.78, 5) is 12.3. The molecular formula is C17H15ClF3NO4S2. The van der Waals surface area contributed by atoms with Crippen molar-refractivity contribution in [1.29, 1.82) is 0 Å². The number of rotatable bonds is 5. The van der Waals surface area contributed by atoms with Crippen LogP contribution in [-0.2, 0) is 14.6 Å². The van der Waals surface area contributed by atoms with E-state index >= 15 is 0 Å². The number of sulfone groups is 1. The molecule has 0 aliphatic carbocycles. The van der Waals surface area contributed by atoms with E-state index in [9.17, 15) is 31.5 Å². The molecule has 1 atom stereocenters. The molecule has 1 unspecified atom stereocenters. The van der Waals surface area contributed by atoms with Crippen molar-refractivity contribution in [3.63, 3.8) is 0 Å². The number of nitrogens with one attached hydrogen (secondary N) is 1. The lowest BCUT2D eigenvalue weighted by atomic mass is 10.1. The molecule has 0 saturated carbocycles. The molecule has 2 aromatic carbocycles. The van der Waals surface area contributed by atoms with E-state index in [1.165, 1.54) is 23.9 Å². The van der Waals surface area contributed by atoms with E-state index in [1.54, 1.807) is 18.4 Å². The van der Waals surface area contributed by atoms with Crippen LogP contribution in [0.2, 0.25) is 5.02 Å². The first kappa shape index (κ1) is 22.5. The molecule has 1 amide bonds. The summed E-state index contributed by atoms with van der Waals surface area (Å²) in [7, 11) is -3.93. The van der Waals surface area contributed by atoms with Crippen molar-refractivity contribution in [1.82, 2.24) is 0 Å². The van der Waals surface area contributed by atoms with Crippen molar-refractivity contribution in [2.75, 3.05) is 11.6 Å². The SMILES string of the molecule is CSc1cccc(S(=O)(=O)c2ccc(NC(=O)C(C)(O)C(F)(F)F)c(Cl)c2)c1. The summed E-state index contributed by atoms with van der Waals surface area (Å²) in [6.45, 7) is 0.299. The van der Waals surface area contributed by atoms with Crippen LogP contribution in [0.1, 0.15) is 6.92 Å². The number of carbonyl (C=O) groups excluding carboxylic acids is 1. The molecule has 28 heavy (non-hydrogen) atoms. The van der Waals surface area contributed by atoms with Gasteiger partial charge in [-0.1, -0.05) is 17.7 Å². The highest BCUT2D eigenvalue weighted by molar-refractivity contribution is 7.98. The summed E-state index contributed by atoms with van der Waals surface area (Å²) in [6.07, 6.45) is -3.41. The molecule has 152 valence electrons. The number of amides is 1. The quantitative estimate of drug-likeness (QED) is 0.664. The molecule has 5 nitrogen and oxygen atoms in total. The van der Waals surface area contributed by atoms with E-state index in [1.807, 2.05) is 5.32 Å². The number of hydrogen-bond acceptors (Lipinski definition) is 5. The number of alkyl halides is 3. The third-order valence-corrected chi connectivity index (χ3v) is 6.63. The number of halogens is 4. The molecule has 0 bridgehead atoms. The molecule has 2 N–H and O–H groups in total. The first-order chi connectivity index (χ1) is 12.8. The summed E-state index contributed by atoms with van der Waals surface area (Å²) >= 11 is 7.30. The Hall–Kier alpha value is -1.75. The highest BCUT2D eigenvalue weighted by Gasteiger charge is 2.55. The second-order valence-corrected chi connectivity index (χ2v) is 9.08. The summed E-state index contributed by atoms with van der Waals surface area (Å²) in [5, 5.41) is 10.9. The molecule has 2 aromatic rings. The van der Waals surface area contributed by atoms with Gasteiger partial charge in [0, 0.05) is 4.90 Å². The minimum absolute atomic E-state index is 0.0206. The maximum Gasteiger partial charge on any atom is 0.426 e. The number of hydrogen-bond donors (Lipinski definition) is 2. The first-order valence-corrected chi connectivity index (χ1v) is 10.7. The molecule has 0 aliphatic rings. The Morgan fingerprint density at radius 3 is 2.29 bits per heavy atom. The van der Waals surface area contributed by atoms with Crippen molar-refractivity contribution in [3.8, 4) is 0 Å². The van der Waals surface area contributed by atoms with Gasteiger partial charge in [0.2, 0.25) is 15.4 Å².